The monoisotopic (exact) mass is 276 g/mol. The highest BCUT2D eigenvalue weighted by Crippen LogP contribution is 2.20. The lowest BCUT2D eigenvalue weighted by molar-refractivity contribution is 0.102. The quantitative estimate of drug-likeness (QED) is 0.844. The van der Waals surface area contributed by atoms with Crippen LogP contribution in [-0.4, -0.2) is 5.91 Å². The summed E-state index contributed by atoms with van der Waals surface area (Å²) in [6.45, 7) is 1.96. The smallest absolute Gasteiger partial charge is 0.258 e. The van der Waals surface area contributed by atoms with Gasteiger partial charge in [-0.05, 0) is 36.2 Å². The molecule has 0 radical (unpaired) electrons. The molecule has 3 nitrogen and oxygen atoms in total. The first-order valence-corrected chi connectivity index (χ1v) is 6.16. The second kappa shape index (κ2) is 5.69. The molecule has 2 aromatic rings. The van der Waals surface area contributed by atoms with Gasteiger partial charge < -0.3 is 11.1 Å². The van der Waals surface area contributed by atoms with Crippen LogP contribution in [0.4, 0.5) is 20.2 Å². The molecule has 0 saturated carbocycles. The number of benzene rings is 2. The predicted octanol–water partition coefficient (Wildman–Crippen LogP) is 3.36. The van der Waals surface area contributed by atoms with E-state index < -0.39 is 17.5 Å². The highest BCUT2D eigenvalue weighted by atomic mass is 19.2. The molecule has 1 amide bonds. The summed E-state index contributed by atoms with van der Waals surface area (Å²) in [4.78, 5) is 11.9. The lowest BCUT2D eigenvalue weighted by atomic mass is 10.1. The second-order valence-corrected chi connectivity index (χ2v) is 4.32. The van der Waals surface area contributed by atoms with Crippen LogP contribution in [0.1, 0.15) is 22.8 Å². The maximum Gasteiger partial charge on any atom is 0.258 e. The molecule has 0 unspecified atom stereocenters. The minimum absolute atomic E-state index is 0.344. The van der Waals surface area contributed by atoms with Crippen LogP contribution < -0.4 is 11.1 Å². The van der Waals surface area contributed by atoms with Crippen molar-refractivity contribution in [3.63, 3.8) is 0 Å². The Balaban J connectivity index is 2.24. The van der Waals surface area contributed by atoms with E-state index >= 15 is 0 Å². The Kier molecular flexibility index (Phi) is 3.98. The summed E-state index contributed by atoms with van der Waals surface area (Å²) < 4.78 is 26.6. The lowest BCUT2D eigenvalue weighted by Crippen LogP contribution is -2.14. The number of hydrogen-bond donors (Lipinski definition) is 2. The molecule has 0 bridgehead atoms. The van der Waals surface area contributed by atoms with Gasteiger partial charge in [-0.25, -0.2) is 8.78 Å². The highest BCUT2D eigenvalue weighted by molar-refractivity contribution is 6.04. The van der Waals surface area contributed by atoms with Gasteiger partial charge in [0.2, 0.25) is 0 Å². The molecule has 5 heteroatoms. The number of carbonyl (C=O) groups is 1. The van der Waals surface area contributed by atoms with Gasteiger partial charge in [0.25, 0.3) is 5.91 Å². The Morgan fingerprint density at radius 3 is 2.65 bits per heavy atom. The SMILES string of the molecule is CCc1ccc(NC(=O)c2cccc(F)c2F)cc1N. The van der Waals surface area contributed by atoms with E-state index in [4.69, 9.17) is 5.73 Å². The van der Waals surface area contributed by atoms with Crippen molar-refractivity contribution < 1.29 is 13.6 Å². The molecule has 3 N–H and O–H groups in total. The van der Waals surface area contributed by atoms with E-state index in [2.05, 4.69) is 5.32 Å². The topological polar surface area (TPSA) is 55.1 Å². The number of nitrogens with one attached hydrogen (secondary N) is 1. The fourth-order valence-electron chi connectivity index (χ4n) is 1.87. The van der Waals surface area contributed by atoms with E-state index in [9.17, 15) is 13.6 Å². The van der Waals surface area contributed by atoms with Crippen molar-refractivity contribution in [3.8, 4) is 0 Å². The Morgan fingerprint density at radius 2 is 2.00 bits per heavy atom. The maximum absolute atomic E-state index is 13.5. The molecular formula is C15H14F2N2O. The van der Waals surface area contributed by atoms with Crippen molar-refractivity contribution in [2.45, 2.75) is 13.3 Å². The Morgan fingerprint density at radius 1 is 1.25 bits per heavy atom. The van der Waals surface area contributed by atoms with Crippen LogP contribution in [0.25, 0.3) is 0 Å². The predicted molar refractivity (Wildman–Crippen MR) is 74.5 cm³/mol. The van der Waals surface area contributed by atoms with Crippen LogP contribution in [0.5, 0.6) is 0 Å². The van der Waals surface area contributed by atoms with Gasteiger partial charge in [0.15, 0.2) is 11.6 Å². The fourth-order valence-corrected chi connectivity index (χ4v) is 1.87. The van der Waals surface area contributed by atoms with Crippen LogP contribution in [0.15, 0.2) is 36.4 Å². The summed E-state index contributed by atoms with van der Waals surface area (Å²) >= 11 is 0. The number of amides is 1. The molecule has 0 heterocycles. The van der Waals surface area contributed by atoms with E-state index in [1.54, 1.807) is 18.2 Å². The van der Waals surface area contributed by atoms with Gasteiger partial charge in [0, 0.05) is 11.4 Å². The summed E-state index contributed by atoms with van der Waals surface area (Å²) in [5, 5.41) is 2.49. The molecular weight excluding hydrogens is 262 g/mol. The van der Waals surface area contributed by atoms with Crippen LogP contribution in [0.3, 0.4) is 0 Å². The summed E-state index contributed by atoms with van der Waals surface area (Å²) in [5.74, 6) is -2.94. The molecule has 2 aromatic carbocycles. The van der Waals surface area contributed by atoms with Crippen LogP contribution in [-0.2, 0) is 6.42 Å². The standard InChI is InChI=1S/C15H14F2N2O/c1-2-9-6-7-10(8-13(9)18)19-15(20)11-4-3-5-12(16)14(11)17/h3-8H,2,18H2,1H3,(H,19,20). The normalized spacial score (nSPS) is 10.3. The van der Waals surface area contributed by atoms with Gasteiger partial charge in [0.1, 0.15) is 0 Å². The summed E-state index contributed by atoms with van der Waals surface area (Å²) in [6, 6.07) is 8.50. The molecule has 0 aliphatic heterocycles. The number of aryl methyl sites for hydroxylation is 1. The molecule has 0 saturated heterocycles. The van der Waals surface area contributed by atoms with Gasteiger partial charge in [-0.1, -0.05) is 19.1 Å². The van der Waals surface area contributed by atoms with Crippen molar-refractivity contribution >= 4 is 17.3 Å². The van der Waals surface area contributed by atoms with Gasteiger partial charge in [-0.2, -0.15) is 0 Å². The molecule has 0 spiro atoms. The molecule has 104 valence electrons. The third-order valence-corrected chi connectivity index (χ3v) is 2.98. The molecule has 20 heavy (non-hydrogen) atoms. The second-order valence-electron chi connectivity index (χ2n) is 4.32. The van der Waals surface area contributed by atoms with Crippen LogP contribution in [0.2, 0.25) is 0 Å². The van der Waals surface area contributed by atoms with Gasteiger partial charge in [0.05, 0.1) is 5.56 Å². The average molecular weight is 276 g/mol. The zero-order valence-corrected chi connectivity index (χ0v) is 10.9. The Hall–Kier alpha value is -2.43. The van der Waals surface area contributed by atoms with E-state index in [1.165, 1.54) is 12.1 Å². The molecule has 0 fully saturated rings. The van der Waals surface area contributed by atoms with Crippen LogP contribution in [0, 0.1) is 11.6 Å². The number of nitrogen functional groups attached to an aromatic ring is 1. The van der Waals surface area contributed by atoms with Gasteiger partial charge >= 0.3 is 0 Å². The molecule has 0 atom stereocenters. The van der Waals surface area contributed by atoms with Crippen molar-refractivity contribution in [1.82, 2.24) is 0 Å². The van der Waals surface area contributed by atoms with Gasteiger partial charge in [-0.15, -0.1) is 0 Å². The van der Waals surface area contributed by atoms with E-state index in [-0.39, 0.29) is 5.56 Å². The molecule has 2 rings (SSSR count). The minimum atomic E-state index is -1.16. The van der Waals surface area contributed by atoms with E-state index in [0.717, 1.165) is 18.1 Å². The first-order valence-electron chi connectivity index (χ1n) is 6.16. The first kappa shape index (κ1) is 14.0. The van der Waals surface area contributed by atoms with Crippen molar-refractivity contribution in [2.75, 3.05) is 11.1 Å². The summed E-state index contributed by atoms with van der Waals surface area (Å²) in [6.07, 6.45) is 0.776. The average Bonchev–Trinajstić information content (AvgIpc) is 2.42. The number of hydrogen-bond acceptors (Lipinski definition) is 2. The number of anilines is 2. The molecule has 0 aromatic heterocycles. The van der Waals surface area contributed by atoms with E-state index in [1.807, 2.05) is 6.92 Å². The van der Waals surface area contributed by atoms with E-state index in [0.29, 0.717) is 11.4 Å². The van der Waals surface area contributed by atoms with Crippen molar-refractivity contribution in [1.29, 1.82) is 0 Å². The zero-order valence-electron chi connectivity index (χ0n) is 10.9. The number of carbonyl (C=O) groups excluding carboxylic acids is 1. The largest absolute Gasteiger partial charge is 0.398 e. The summed E-state index contributed by atoms with van der Waals surface area (Å²) in [7, 11) is 0. The first-order chi connectivity index (χ1) is 9.52. The van der Waals surface area contributed by atoms with Crippen molar-refractivity contribution in [2.24, 2.45) is 0 Å². The third kappa shape index (κ3) is 2.77. The Bertz CT molecular complexity index is 656. The fraction of sp³-hybridized carbons (Fsp3) is 0.133. The highest BCUT2D eigenvalue weighted by Gasteiger charge is 2.15. The number of nitrogens with two attached hydrogens (primary N) is 1. The number of halogens is 2. The zero-order chi connectivity index (χ0) is 14.7. The Labute approximate surface area is 115 Å². The maximum atomic E-state index is 13.5. The lowest BCUT2D eigenvalue weighted by Gasteiger charge is -2.09. The molecule has 0 aliphatic rings. The van der Waals surface area contributed by atoms with Crippen LogP contribution >= 0.6 is 0 Å². The summed E-state index contributed by atoms with van der Waals surface area (Å²) in [5.41, 5.74) is 7.41. The van der Waals surface area contributed by atoms with Crippen molar-refractivity contribution in [3.05, 3.63) is 59.2 Å². The minimum Gasteiger partial charge on any atom is -0.398 e. The third-order valence-electron chi connectivity index (χ3n) is 2.98. The molecule has 0 aliphatic carbocycles. The van der Waals surface area contributed by atoms with Gasteiger partial charge in [-0.3, -0.25) is 4.79 Å². The number of rotatable bonds is 3.